The maximum atomic E-state index is 14.2. The highest BCUT2D eigenvalue weighted by Crippen LogP contribution is 2.31. The summed E-state index contributed by atoms with van der Waals surface area (Å²) in [5, 5.41) is 22.1. The lowest BCUT2D eigenvalue weighted by molar-refractivity contribution is 0.0697. The van der Waals surface area contributed by atoms with Crippen LogP contribution in [0.4, 0.5) is 10.2 Å². The number of anilines is 1. The number of pyridine rings is 1. The number of aromatic nitrogens is 1. The molecule has 0 amide bonds. The second-order valence-corrected chi connectivity index (χ2v) is 6.19. The molecule has 3 rings (SSSR count). The third-order valence-corrected chi connectivity index (χ3v) is 4.27. The third-order valence-electron chi connectivity index (χ3n) is 4.27. The Morgan fingerprint density at radius 2 is 1.75 bits per heavy atom. The monoisotopic (exact) mass is 380 g/mol. The number of rotatable bonds is 5. The molecule has 0 aliphatic heterocycles. The Balaban J connectivity index is 2.07. The fraction of sp³-hybridized carbons (Fsp3) is 0.0952. The number of phenolic OH excluding ortho intramolecular Hbond substituents is 1. The molecule has 2 aromatic carbocycles. The number of carbonyl (C=O) groups is 2. The average molecular weight is 380 g/mol. The van der Waals surface area contributed by atoms with Crippen molar-refractivity contribution in [3.05, 3.63) is 76.6 Å². The van der Waals surface area contributed by atoms with E-state index in [1.165, 1.54) is 49.5 Å². The van der Waals surface area contributed by atoms with Gasteiger partial charge >= 0.3 is 5.97 Å². The van der Waals surface area contributed by atoms with Crippen molar-refractivity contribution >= 4 is 17.6 Å². The fourth-order valence-electron chi connectivity index (χ4n) is 2.81. The quantitative estimate of drug-likeness (QED) is 0.581. The van der Waals surface area contributed by atoms with Gasteiger partial charge in [0.2, 0.25) is 0 Å². The van der Waals surface area contributed by atoms with Gasteiger partial charge in [0.05, 0.1) is 11.3 Å². The Hall–Kier alpha value is -3.74. The fourth-order valence-corrected chi connectivity index (χ4v) is 2.81. The first-order valence-electron chi connectivity index (χ1n) is 8.38. The van der Waals surface area contributed by atoms with Crippen LogP contribution in [0, 0.1) is 12.7 Å². The highest BCUT2D eigenvalue weighted by atomic mass is 19.1. The zero-order valence-electron chi connectivity index (χ0n) is 15.2. The first-order valence-corrected chi connectivity index (χ1v) is 8.38. The molecule has 0 aliphatic carbocycles. The number of nitrogens with zero attached hydrogens (tertiary/aromatic N) is 1. The van der Waals surface area contributed by atoms with Crippen molar-refractivity contribution in [3.63, 3.8) is 0 Å². The summed E-state index contributed by atoms with van der Waals surface area (Å²) in [6, 6.07) is 11.2. The number of carbonyl (C=O) groups excluding carboxylic acids is 1. The first-order chi connectivity index (χ1) is 13.3. The second kappa shape index (κ2) is 7.48. The van der Waals surface area contributed by atoms with Crippen LogP contribution in [0.2, 0.25) is 0 Å². The molecular weight excluding hydrogens is 363 g/mol. The van der Waals surface area contributed by atoms with E-state index in [9.17, 15) is 24.2 Å². The molecule has 0 atom stereocenters. The van der Waals surface area contributed by atoms with E-state index in [-0.39, 0.29) is 39.5 Å². The molecule has 6 nitrogen and oxygen atoms in total. The van der Waals surface area contributed by atoms with E-state index in [2.05, 4.69) is 10.3 Å². The number of carboxylic acid groups (broad SMARTS) is 1. The molecule has 0 bridgehead atoms. The minimum absolute atomic E-state index is 0.0281. The number of carboxylic acids is 1. The highest BCUT2D eigenvalue weighted by molar-refractivity contribution is 6.10. The lowest BCUT2D eigenvalue weighted by Crippen LogP contribution is -2.06. The Bertz CT molecular complexity index is 1100. The highest BCUT2D eigenvalue weighted by Gasteiger charge is 2.18. The van der Waals surface area contributed by atoms with Crippen LogP contribution < -0.4 is 5.32 Å². The van der Waals surface area contributed by atoms with Gasteiger partial charge in [-0.3, -0.25) is 4.79 Å². The van der Waals surface area contributed by atoms with E-state index in [1.807, 2.05) is 0 Å². The normalized spacial score (nSPS) is 10.5. The maximum Gasteiger partial charge on any atom is 0.339 e. The largest absolute Gasteiger partial charge is 0.507 e. The predicted molar refractivity (Wildman–Crippen MR) is 102 cm³/mol. The Labute approximate surface area is 160 Å². The molecule has 1 aromatic heterocycles. The van der Waals surface area contributed by atoms with Gasteiger partial charge in [0.15, 0.2) is 5.78 Å². The Morgan fingerprint density at radius 1 is 1.04 bits per heavy atom. The molecule has 7 heteroatoms. The van der Waals surface area contributed by atoms with Gasteiger partial charge in [-0.05, 0) is 55.0 Å². The van der Waals surface area contributed by atoms with Crippen LogP contribution >= 0.6 is 0 Å². The number of aryl methyl sites for hydroxylation is 1. The van der Waals surface area contributed by atoms with Crippen molar-refractivity contribution in [2.24, 2.45) is 0 Å². The molecule has 3 N–H and O–H groups in total. The van der Waals surface area contributed by atoms with E-state index in [0.29, 0.717) is 5.56 Å². The number of benzene rings is 2. The molecule has 0 radical (unpaired) electrons. The van der Waals surface area contributed by atoms with Gasteiger partial charge in [0.25, 0.3) is 0 Å². The topological polar surface area (TPSA) is 99.5 Å². The maximum absolute atomic E-state index is 14.2. The van der Waals surface area contributed by atoms with Crippen LogP contribution in [0.1, 0.15) is 31.8 Å². The number of nitrogens with one attached hydrogen (secondary N) is 1. The minimum atomic E-state index is -1.15. The molecule has 0 unspecified atom stereocenters. The van der Waals surface area contributed by atoms with Crippen molar-refractivity contribution in [1.29, 1.82) is 0 Å². The van der Waals surface area contributed by atoms with Crippen LogP contribution in [0.3, 0.4) is 0 Å². The van der Waals surface area contributed by atoms with E-state index >= 15 is 0 Å². The summed E-state index contributed by atoms with van der Waals surface area (Å²) in [5.74, 6) is -2.33. The number of hydrogen-bond acceptors (Lipinski definition) is 5. The SMILES string of the molecule is CNc1nc(-c2cc(C(=O)c3ccc(C)cc3F)ccc2O)ccc1C(=O)O. The summed E-state index contributed by atoms with van der Waals surface area (Å²) < 4.78 is 14.2. The summed E-state index contributed by atoms with van der Waals surface area (Å²) in [7, 11) is 1.53. The Morgan fingerprint density at radius 3 is 2.39 bits per heavy atom. The van der Waals surface area contributed by atoms with Crippen LogP contribution in [0.5, 0.6) is 5.75 Å². The molecule has 3 aromatic rings. The summed E-state index contributed by atoms with van der Waals surface area (Å²) in [6.07, 6.45) is 0. The van der Waals surface area contributed by atoms with Crippen molar-refractivity contribution < 1.29 is 24.2 Å². The number of phenols is 1. The number of ketones is 1. The summed E-state index contributed by atoms with van der Waals surface area (Å²) in [6.45, 7) is 1.72. The van der Waals surface area contributed by atoms with E-state index in [1.54, 1.807) is 13.0 Å². The average Bonchev–Trinajstić information content (AvgIpc) is 2.67. The predicted octanol–water partition coefficient (Wildman–Crippen LogP) is 3.87. The van der Waals surface area contributed by atoms with E-state index in [4.69, 9.17) is 0 Å². The third kappa shape index (κ3) is 3.55. The molecule has 142 valence electrons. The van der Waals surface area contributed by atoms with Crippen LogP contribution in [-0.2, 0) is 0 Å². The number of hydrogen-bond donors (Lipinski definition) is 3. The molecule has 28 heavy (non-hydrogen) atoms. The van der Waals surface area contributed by atoms with Crippen LogP contribution in [-0.4, -0.2) is 34.0 Å². The van der Waals surface area contributed by atoms with Gasteiger partial charge in [-0.1, -0.05) is 6.07 Å². The van der Waals surface area contributed by atoms with E-state index < -0.39 is 17.6 Å². The molecule has 0 saturated heterocycles. The molecular formula is C21H17FN2O4. The number of aromatic carboxylic acids is 1. The van der Waals surface area contributed by atoms with Gasteiger partial charge in [-0.25, -0.2) is 14.2 Å². The summed E-state index contributed by atoms with van der Waals surface area (Å²) in [4.78, 5) is 28.2. The molecule has 0 spiro atoms. The summed E-state index contributed by atoms with van der Waals surface area (Å²) in [5.41, 5.74) is 1.26. The minimum Gasteiger partial charge on any atom is -0.507 e. The van der Waals surface area contributed by atoms with Crippen molar-refractivity contribution in [1.82, 2.24) is 4.98 Å². The zero-order valence-corrected chi connectivity index (χ0v) is 15.2. The summed E-state index contributed by atoms with van der Waals surface area (Å²) >= 11 is 0. The first kappa shape index (κ1) is 19.0. The molecule has 1 heterocycles. The van der Waals surface area contributed by atoms with Crippen molar-refractivity contribution in [3.8, 4) is 17.0 Å². The molecule has 0 aliphatic rings. The standard InChI is InChI=1S/C21H17FN2O4/c1-11-3-5-13(16(22)9-11)19(26)12-4-8-18(25)15(10-12)17-7-6-14(21(27)28)20(23-2)24-17/h3-10,25H,1-2H3,(H,23,24)(H,27,28). The van der Waals surface area contributed by atoms with Gasteiger partial charge < -0.3 is 15.5 Å². The van der Waals surface area contributed by atoms with Gasteiger partial charge in [-0.15, -0.1) is 0 Å². The lowest BCUT2D eigenvalue weighted by atomic mass is 9.98. The van der Waals surface area contributed by atoms with Crippen molar-refractivity contribution in [2.45, 2.75) is 6.92 Å². The lowest BCUT2D eigenvalue weighted by Gasteiger charge is -2.11. The van der Waals surface area contributed by atoms with Gasteiger partial charge in [0.1, 0.15) is 22.9 Å². The number of aromatic hydroxyl groups is 1. The zero-order chi connectivity index (χ0) is 20.4. The van der Waals surface area contributed by atoms with Gasteiger partial charge in [0, 0.05) is 18.2 Å². The smallest absolute Gasteiger partial charge is 0.339 e. The van der Waals surface area contributed by atoms with Crippen LogP contribution in [0.15, 0.2) is 48.5 Å². The second-order valence-electron chi connectivity index (χ2n) is 6.19. The molecule has 0 fully saturated rings. The van der Waals surface area contributed by atoms with Gasteiger partial charge in [-0.2, -0.15) is 0 Å². The van der Waals surface area contributed by atoms with Crippen LogP contribution in [0.25, 0.3) is 11.3 Å². The Kier molecular flexibility index (Phi) is 5.08. The number of halogens is 1. The molecule has 0 saturated carbocycles. The van der Waals surface area contributed by atoms with Crippen molar-refractivity contribution in [2.75, 3.05) is 12.4 Å². The van der Waals surface area contributed by atoms with E-state index in [0.717, 1.165) is 0 Å².